The number of nitrogens with one attached hydrogen (secondary N) is 2. The molecule has 6 rings (SSSR count). The number of hydrogen-bond acceptors (Lipinski definition) is 11. The molecule has 0 spiro atoms. The van der Waals surface area contributed by atoms with Crippen molar-refractivity contribution in [2.24, 2.45) is 10.8 Å². The van der Waals surface area contributed by atoms with Crippen LogP contribution in [-0.4, -0.2) is 102 Å². The van der Waals surface area contributed by atoms with Gasteiger partial charge in [-0.25, -0.2) is 28.8 Å². The van der Waals surface area contributed by atoms with E-state index in [0.717, 1.165) is 69.3 Å². The van der Waals surface area contributed by atoms with Gasteiger partial charge in [0.05, 0.1) is 44.8 Å². The zero-order valence-electron chi connectivity index (χ0n) is 36.3. The maximum Gasteiger partial charge on any atom is 0.339 e. The Balaban J connectivity index is 0.000000247. The second-order valence-electron chi connectivity index (χ2n) is 17.7. The Kier molecular flexibility index (Phi) is 14.4. The number of carbonyl (C=O) groups is 8. The molecule has 10 N–H and O–H groups in total. The third-order valence-electron chi connectivity index (χ3n) is 12.0. The van der Waals surface area contributed by atoms with Crippen molar-refractivity contribution < 1.29 is 79.2 Å². The van der Waals surface area contributed by atoms with Crippen molar-refractivity contribution in [2.45, 2.75) is 72.1 Å². The Labute approximate surface area is 376 Å². The Morgan fingerprint density at radius 2 is 0.848 bits per heavy atom. The molecule has 2 fully saturated rings. The van der Waals surface area contributed by atoms with Gasteiger partial charge in [-0.15, -0.1) is 0 Å². The molecule has 19 heteroatoms. The number of amides is 2. The van der Waals surface area contributed by atoms with Gasteiger partial charge in [0.2, 0.25) is 0 Å². The monoisotopic (exact) mass is 911 g/mol. The van der Waals surface area contributed by atoms with E-state index < -0.39 is 92.5 Å². The lowest BCUT2D eigenvalue weighted by molar-refractivity contribution is 0.0672. The summed E-state index contributed by atoms with van der Waals surface area (Å²) in [4.78, 5) is 96.8. The lowest BCUT2D eigenvalue weighted by Crippen LogP contribution is -2.37. The zero-order valence-corrected chi connectivity index (χ0v) is 36.3. The van der Waals surface area contributed by atoms with Crippen molar-refractivity contribution in [2.75, 3.05) is 28.6 Å². The first kappa shape index (κ1) is 49.1. The number of anilines is 3. The maximum atomic E-state index is 12.9. The van der Waals surface area contributed by atoms with E-state index in [-0.39, 0.29) is 39.2 Å². The van der Waals surface area contributed by atoms with Crippen LogP contribution in [0.4, 0.5) is 17.1 Å². The molecule has 66 heavy (non-hydrogen) atoms. The Morgan fingerprint density at radius 3 is 1.26 bits per heavy atom. The standard InChI is InChI=1S/C24H25NO8.C23H24N2O8/c1-24(2)7-5-12(6-8-24)13-3-4-14(21(28)29)18(9-13)25-20(27)15-11-19(26)17(23(32)33)10-16(15)22(30)31;1-23(2)5-7-25(8-6-23)12-3-4-13(20(28)29)17(9-12)24-19(27)14-11-18(26)16(22(32)33)10-15(14)21(30)31/h3-4,9-12,26H,5-8H2,1-2H3,(H,25,27)(H,28,29)(H,30,31)(H,32,33);3-4,9-11,26H,5-8H2,1-2H3,(H,24,27)(H,28,29)(H,30,31)(H,32,33). The third kappa shape index (κ3) is 11.4. The first-order chi connectivity index (χ1) is 30.8. The number of benzene rings is 4. The van der Waals surface area contributed by atoms with Crippen molar-refractivity contribution in [1.29, 1.82) is 0 Å². The molecule has 348 valence electrons. The highest BCUT2D eigenvalue weighted by atomic mass is 16.4. The van der Waals surface area contributed by atoms with E-state index in [9.17, 15) is 69.0 Å². The highest BCUT2D eigenvalue weighted by Gasteiger charge is 2.31. The third-order valence-corrected chi connectivity index (χ3v) is 12.0. The number of hydrogen-bond donors (Lipinski definition) is 10. The van der Waals surface area contributed by atoms with Crippen LogP contribution in [0.5, 0.6) is 11.5 Å². The maximum absolute atomic E-state index is 12.9. The summed E-state index contributed by atoms with van der Waals surface area (Å²) in [6.07, 6.45) is 5.73. The lowest BCUT2D eigenvalue weighted by Gasteiger charge is -2.38. The number of aromatic carboxylic acids is 6. The summed E-state index contributed by atoms with van der Waals surface area (Å²) in [5.41, 5.74) is -2.04. The lowest BCUT2D eigenvalue weighted by atomic mass is 9.71. The number of carboxylic acid groups (broad SMARTS) is 6. The van der Waals surface area contributed by atoms with E-state index in [4.69, 9.17) is 10.2 Å². The summed E-state index contributed by atoms with van der Waals surface area (Å²) >= 11 is 0. The highest BCUT2D eigenvalue weighted by molar-refractivity contribution is 6.15. The number of carbonyl (C=O) groups excluding carboxylic acids is 2. The summed E-state index contributed by atoms with van der Waals surface area (Å²) in [7, 11) is 0. The molecule has 4 aromatic carbocycles. The van der Waals surface area contributed by atoms with Crippen LogP contribution in [0.15, 0.2) is 60.7 Å². The topological polar surface area (TPSA) is 326 Å². The predicted octanol–water partition coefficient (Wildman–Crippen LogP) is 7.79. The SMILES string of the molecule is CC1(C)CCC(c2ccc(C(=O)O)c(NC(=O)c3cc(O)c(C(=O)O)cc3C(=O)O)c2)CC1.CC1(C)CCN(c2ccc(C(=O)O)c(NC(=O)c3cc(O)c(C(=O)O)cc3C(=O)O)c2)CC1. The Hall–Kier alpha value is -7.96. The van der Waals surface area contributed by atoms with E-state index in [1.807, 2.05) is 0 Å². The van der Waals surface area contributed by atoms with Gasteiger partial charge in [-0.3, -0.25) is 9.59 Å². The molecule has 2 amide bonds. The summed E-state index contributed by atoms with van der Waals surface area (Å²) < 4.78 is 0. The van der Waals surface area contributed by atoms with Crippen molar-refractivity contribution in [3.63, 3.8) is 0 Å². The molecule has 0 bridgehead atoms. The molecule has 4 aromatic rings. The van der Waals surface area contributed by atoms with Crippen LogP contribution in [0.2, 0.25) is 0 Å². The van der Waals surface area contributed by atoms with Crippen LogP contribution in [0.3, 0.4) is 0 Å². The number of piperidine rings is 1. The number of phenols is 2. The molecule has 0 atom stereocenters. The molecule has 2 aliphatic rings. The molecular formula is C47H49N3O16. The summed E-state index contributed by atoms with van der Waals surface area (Å²) in [5.74, 6) is -12.2. The fourth-order valence-electron chi connectivity index (χ4n) is 7.86. The van der Waals surface area contributed by atoms with Crippen LogP contribution in [-0.2, 0) is 0 Å². The van der Waals surface area contributed by atoms with E-state index in [2.05, 4.69) is 43.2 Å². The largest absolute Gasteiger partial charge is 0.507 e. The minimum Gasteiger partial charge on any atom is -0.507 e. The molecule has 1 saturated heterocycles. The molecular weight excluding hydrogens is 863 g/mol. The van der Waals surface area contributed by atoms with E-state index in [0.29, 0.717) is 17.8 Å². The smallest absolute Gasteiger partial charge is 0.339 e. The van der Waals surface area contributed by atoms with Gasteiger partial charge in [-0.1, -0.05) is 33.8 Å². The number of carboxylic acids is 6. The molecule has 0 radical (unpaired) electrons. The van der Waals surface area contributed by atoms with Crippen molar-refractivity contribution in [1.82, 2.24) is 0 Å². The molecule has 1 saturated carbocycles. The fourth-order valence-corrected chi connectivity index (χ4v) is 7.86. The van der Waals surface area contributed by atoms with Crippen LogP contribution < -0.4 is 15.5 Å². The quantitative estimate of drug-likeness (QED) is 0.0648. The van der Waals surface area contributed by atoms with Crippen molar-refractivity contribution in [3.05, 3.63) is 111 Å². The molecule has 1 heterocycles. The second-order valence-corrected chi connectivity index (χ2v) is 17.7. The highest BCUT2D eigenvalue weighted by Crippen LogP contribution is 2.43. The van der Waals surface area contributed by atoms with Gasteiger partial charge in [-0.2, -0.15) is 0 Å². The molecule has 0 aromatic heterocycles. The summed E-state index contributed by atoms with van der Waals surface area (Å²) in [6.45, 7) is 10.3. The van der Waals surface area contributed by atoms with Gasteiger partial charge < -0.3 is 56.4 Å². The van der Waals surface area contributed by atoms with Gasteiger partial charge >= 0.3 is 35.8 Å². The van der Waals surface area contributed by atoms with E-state index in [1.165, 1.54) is 18.2 Å². The summed E-state index contributed by atoms with van der Waals surface area (Å²) in [5, 5.41) is 80.8. The van der Waals surface area contributed by atoms with Crippen LogP contribution in [0.1, 0.15) is 161 Å². The first-order valence-electron chi connectivity index (χ1n) is 20.6. The fraction of sp³-hybridized carbons (Fsp3) is 0.319. The zero-order chi connectivity index (χ0) is 49.0. The minimum atomic E-state index is -1.58. The molecule has 1 aliphatic heterocycles. The second kappa shape index (κ2) is 19.4. The van der Waals surface area contributed by atoms with Crippen molar-refractivity contribution >= 4 is 64.7 Å². The Bertz CT molecular complexity index is 2470. The molecule has 1 aliphatic carbocycles. The van der Waals surface area contributed by atoms with Crippen LogP contribution >= 0.6 is 0 Å². The average molecular weight is 912 g/mol. The van der Waals surface area contributed by atoms with Crippen molar-refractivity contribution in [3.8, 4) is 11.5 Å². The summed E-state index contributed by atoms with van der Waals surface area (Å²) in [6, 6.07) is 12.1. The number of aromatic hydroxyl groups is 2. The van der Waals surface area contributed by atoms with Gasteiger partial charge in [0.1, 0.15) is 22.6 Å². The number of rotatable bonds is 12. The minimum absolute atomic E-state index is 0.00651. The van der Waals surface area contributed by atoms with Crippen LogP contribution in [0.25, 0.3) is 0 Å². The molecule has 0 unspecified atom stereocenters. The van der Waals surface area contributed by atoms with E-state index in [1.54, 1.807) is 18.2 Å². The predicted molar refractivity (Wildman–Crippen MR) is 237 cm³/mol. The van der Waals surface area contributed by atoms with Gasteiger partial charge in [0.25, 0.3) is 11.8 Å². The average Bonchev–Trinajstić information content (AvgIpc) is 3.23. The van der Waals surface area contributed by atoms with Gasteiger partial charge in [-0.05, 0) is 115 Å². The first-order valence-corrected chi connectivity index (χ1v) is 20.6. The van der Waals surface area contributed by atoms with Gasteiger partial charge in [0, 0.05) is 18.8 Å². The Morgan fingerprint density at radius 1 is 0.470 bits per heavy atom. The number of nitrogens with zero attached hydrogens (tertiary/aromatic N) is 1. The van der Waals surface area contributed by atoms with Gasteiger partial charge in [0.15, 0.2) is 0 Å². The van der Waals surface area contributed by atoms with Crippen LogP contribution in [0, 0.1) is 10.8 Å². The molecule has 19 nitrogen and oxygen atoms in total. The van der Waals surface area contributed by atoms with E-state index >= 15 is 0 Å². The normalized spacial score (nSPS) is 15.3.